The number of benzene rings is 4. The molecule has 0 aliphatic heterocycles. The standard InChI is InChI=1S/C38H42N2O5S/c1-26(29-14-8-5-9-15-29)18-35(41)31-21-32(23-33(22-31)40(2)46(3,44)45)36(42)20-28(19-27-12-6-4-7-13-27)25-39-38-34-17-11-10-16-30(34)24-37(38)43/h4-17,21-23,26,28,37-39,43H,18-20,24-25H2,1-3H3/t26-,28+,37-,38+/m0/s1. The van der Waals surface area contributed by atoms with E-state index in [1.165, 1.54) is 7.05 Å². The summed E-state index contributed by atoms with van der Waals surface area (Å²) in [6, 6.07) is 32.2. The molecule has 240 valence electrons. The van der Waals surface area contributed by atoms with Crippen LogP contribution in [-0.2, 0) is 22.9 Å². The Morgan fingerprint density at radius 2 is 1.46 bits per heavy atom. The van der Waals surface area contributed by atoms with Crippen LogP contribution in [0.5, 0.6) is 0 Å². The second kappa shape index (κ2) is 14.5. The minimum absolute atomic E-state index is 0.0541. The number of nitrogens with zero attached hydrogens (tertiary/aromatic N) is 1. The molecule has 2 N–H and O–H groups in total. The SMILES string of the molecule is C[C@@H](CC(=O)c1cc(C(=O)C[C@H](CN[C@@H]2c3ccccc3C[C@@H]2O)Cc2ccccc2)cc(N(C)S(C)(=O)=O)c1)c1ccccc1. The van der Waals surface area contributed by atoms with Gasteiger partial charge < -0.3 is 10.4 Å². The van der Waals surface area contributed by atoms with E-state index in [2.05, 4.69) is 5.32 Å². The Morgan fingerprint density at radius 1 is 0.870 bits per heavy atom. The summed E-state index contributed by atoms with van der Waals surface area (Å²) in [4.78, 5) is 27.5. The van der Waals surface area contributed by atoms with Crippen LogP contribution in [0.15, 0.2) is 103 Å². The predicted molar refractivity (Wildman–Crippen MR) is 183 cm³/mol. The van der Waals surface area contributed by atoms with Crippen molar-refractivity contribution in [1.29, 1.82) is 0 Å². The highest BCUT2D eigenvalue weighted by Crippen LogP contribution is 2.32. The van der Waals surface area contributed by atoms with Crippen LogP contribution in [0.25, 0.3) is 0 Å². The molecule has 7 nitrogen and oxygen atoms in total. The molecule has 0 unspecified atom stereocenters. The number of sulfonamides is 1. The summed E-state index contributed by atoms with van der Waals surface area (Å²) in [5, 5.41) is 14.4. The van der Waals surface area contributed by atoms with Crippen LogP contribution in [0.1, 0.15) is 74.7 Å². The molecule has 8 heteroatoms. The third-order valence-electron chi connectivity index (χ3n) is 8.95. The first-order valence-corrected chi connectivity index (χ1v) is 17.6. The number of fused-ring (bicyclic) bond motifs is 1. The van der Waals surface area contributed by atoms with Crippen molar-refractivity contribution in [1.82, 2.24) is 5.32 Å². The van der Waals surface area contributed by atoms with Gasteiger partial charge in [0.05, 0.1) is 24.1 Å². The van der Waals surface area contributed by atoms with E-state index in [9.17, 15) is 23.1 Å². The van der Waals surface area contributed by atoms with E-state index in [1.807, 2.05) is 91.9 Å². The number of hydrogen-bond donors (Lipinski definition) is 2. The summed E-state index contributed by atoms with van der Waals surface area (Å²) in [5.74, 6) is -0.514. The van der Waals surface area contributed by atoms with Gasteiger partial charge in [-0.1, -0.05) is 91.9 Å². The summed E-state index contributed by atoms with van der Waals surface area (Å²) in [6.07, 6.45) is 2.14. The Kier molecular flexibility index (Phi) is 10.5. The van der Waals surface area contributed by atoms with Gasteiger partial charge in [-0.15, -0.1) is 0 Å². The molecule has 0 bridgehead atoms. The zero-order chi connectivity index (χ0) is 32.8. The quantitative estimate of drug-likeness (QED) is 0.161. The van der Waals surface area contributed by atoms with Crippen LogP contribution in [-0.4, -0.2) is 51.0 Å². The molecule has 0 saturated heterocycles. The summed E-state index contributed by atoms with van der Waals surface area (Å²) in [7, 11) is -2.22. The number of aliphatic hydroxyl groups is 1. The predicted octanol–water partition coefficient (Wildman–Crippen LogP) is 6.14. The minimum Gasteiger partial charge on any atom is -0.391 e. The molecule has 0 heterocycles. The van der Waals surface area contributed by atoms with Gasteiger partial charge in [-0.25, -0.2) is 8.42 Å². The van der Waals surface area contributed by atoms with Crippen molar-refractivity contribution in [3.8, 4) is 0 Å². The van der Waals surface area contributed by atoms with Gasteiger partial charge in [0.15, 0.2) is 11.6 Å². The number of Topliss-reactive ketones (excluding diaryl/α,β-unsaturated/α-hetero) is 2. The van der Waals surface area contributed by atoms with E-state index in [1.54, 1.807) is 18.2 Å². The average Bonchev–Trinajstić information content (AvgIpc) is 3.37. The molecule has 4 aromatic carbocycles. The molecule has 0 saturated carbocycles. The molecule has 0 radical (unpaired) electrons. The average molecular weight is 639 g/mol. The zero-order valence-corrected chi connectivity index (χ0v) is 27.4. The fraction of sp³-hybridized carbons (Fsp3) is 0.316. The number of ketones is 2. The van der Waals surface area contributed by atoms with Crippen molar-refractivity contribution in [3.05, 3.63) is 137 Å². The van der Waals surface area contributed by atoms with Crippen molar-refractivity contribution >= 4 is 27.3 Å². The molecule has 4 aromatic rings. The normalized spacial score (nSPS) is 17.2. The summed E-state index contributed by atoms with van der Waals surface area (Å²) < 4.78 is 26.1. The maximum atomic E-state index is 14.0. The third-order valence-corrected chi connectivity index (χ3v) is 10.2. The maximum Gasteiger partial charge on any atom is 0.231 e. The van der Waals surface area contributed by atoms with Gasteiger partial charge in [0.25, 0.3) is 0 Å². The Hall–Kier alpha value is -4.11. The van der Waals surface area contributed by atoms with E-state index < -0.39 is 16.1 Å². The minimum atomic E-state index is -3.64. The van der Waals surface area contributed by atoms with Crippen molar-refractivity contribution < 1.29 is 23.1 Å². The second-order valence-electron chi connectivity index (χ2n) is 12.5. The lowest BCUT2D eigenvalue weighted by Gasteiger charge is -2.23. The molecule has 0 fully saturated rings. The molecule has 0 amide bonds. The van der Waals surface area contributed by atoms with Crippen molar-refractivity contribution in [2.75, 3.05) is 24.2 Å². The van der Waals surface area contributed by atoms with E-state index in [-0.39, 0.29) is 48.0 Å². The molecular weight excluding hydrogens is 596 g/mol. The number of carbonyl (C=O) groups is 2. The number of rotatable bonds is 14. The van der Waals surface area contributed by atoms with Gasteiger partial charge >= 0.3 is 0 Å². The maximum absolute atomic E-state index is 14.0. The van der Waals surface area contributed by atoms with E-state index in [0.717, 1.165) is 32.8 Å². The Morgan fingerprint density at radius 3 is 2.11 bits per heavy atom. The highest BCUT2D eigenvalue weighted by atomic mass is 32.2. The van der Waals surface area contributed by atoms with Crippen LogP contribution in [0.4, 0.5) is 5.69 Å². The van der Waals surface area contributed by atoms with Gasteiger partial charge in [0.2, 0.25) is 10.0 Å². The van der Waals surface area contributed by atoms with E-state index in [0.29, 0.717) is 30.5 Å². The number of anilines is 1. The second-order valence-corrected chi connectivity index (χ2v) is 14.5. The Balaban J connectivity index is 1.40. The van der Waals surface area contributed by atoms with Crippen LogP contribution >= 0.6 is 0 Å². The fourth-order valence-corrected chi connectivity index (χ4v) is 6.75. The van der Waals surface area contributed by atoms with Gasteiger partial charge in [0, 0.05) is 37.4 Å². The lowest BCUT2D eigenvalue weighted by molar-refractivity contribution is 0.0955. The number of carbonyl (C=O) groups excluding carboxylic acids is 2. The van der Waals surface area contributed by atoms with E-state index in [4.69, 9.17) is 0 Å². The highest BCUT2D eigenvalue weighted by Gasteiger charge is 2.31. The summed E-state index contributed by atoms with van der Waals surface area (Å²) >= 11 is 0. The van der Waals surface area contributed by atoms with Crippen LogP contribution in [0.3, 0.4) is 0 Å². The van der Waals surface area contributed by atoms with Crippen molar-refractivity contribution in [3.63, 3.8) is 0 Å². The Bertz CT molecular complexity index is 1780. The summed E-state index contributed by atoms with van der Waals surface area (Å²) in [5.41, 5.74) is 5.19. The first kappa shape index (κ1) is 33.3. The topological polar surface area (TPSA) is 104 Å². The molecule has 4 atom stereocenters. The number of aliphatic hydroxyl groups excluding tert-OH is 1. The van der Waals surface area contributed by atoms with Crippen molar-refractivity contribution in [2.24, 2.45) is 5.92 Å². The monoisotopic (exact) mass is 638 g/mol. The largest absolute Gasteiger partial charge is 0.391 e. The lowest BCUT2D eigenvalue weighted by atomic mass is 9.89. The van der Waals surface area contributed by atoms with Gasteiger partial charge in [-0.3, -0.25) is 13.9 Å². The van der Waals surface area contributed by atoms with Crippen LogP contribution in [0, 0.1) is 5.92 Å². The lowest BCUT2D eigenvalue weighted by Crippen LogP contribution is -2.34. The van der Waals surface area contributed by atoms with Gasteiger partial charge in [0.1, 0.15) is 0 Å². The van der Waals surface area contributed by atoms with E-state index >= 15 is 0 Å². The Labute approximate surface area is 272 Å². The van der Waals surface area contributed by atoms with Gasteiger partial charge in [-0.2, -0.15) is 0 Å². The van der Waals surface area contributed by atoms with Gasteiger partial charge in [-0.05, 0) is 65.3 Å². The number of nitrogens with one attached hydrogen (secondary N) is 1. The molecule has 0 spiro atoms. The third kappa shape index (κ3) is 8.18. The van der Waals surface area contributed by atoms with Crippen LogP contribution in [0.2, 0.25) is 0 Å². The number of hydrogen-bond acceptors (Lipinski definition) is 6. The first-order valence-electron chi connectivity index (χ1n) is 15.7. The summed E-state index contributed by atoms with van der Waals surface area (Å²) in [6.45, 7) is 2.46. The molecule has 1 aliphatic rings. The molecule has 1 aliphatic carbocycles. The fourth-order valence-electron chi connectivity index (χ4n) is 6.26. The molecule has 46 heavy (non-hydrogen) atoms. The molecule has 0 aromatic heterocycles. The molecular formula is C38H42N2O5S. The first-order chi connectivity index (χ1) is 22.0. The van der Waals surface area contributed by atoms with Crippen molar-refractivity contribution in [2.45, 2.75) is 50.7 Å². The zero-order valence-electron chi connectivity index (χ0n) is 26.6. The van der Waals surface area contributed by atoms with Crippen LogP contribution < -0.4 is 9.62 Å². The molecule has 5 rings (SSSR count). The highest BCUT2D eigenvalue weighted by molar-refractivity contribution is 7.92. The smallest absolute Gasteiger partial charge is 0.231 e.